The number of H-pyrrole nitrogens is 1. The number of hydrogen-bond acceptors (Lipinski definition) is 6. The smallest absolute Gasteiger partial charge is 0.253 e. The lowest BCUT2D eigenvalue weighted by atomic mass is 10.1. The number of fused-ring (bicyclic) bond motifs is 1. The predicted octanol–water partition coefficient (Wildman–Crippen LogP) is 2.66. The largest absolute Gasteiger partial charge is 0.506 e. The number of rotatable bonds is 5. The van der Waals surface area contributed by atoms with Gasteiger partial charge in [-0.3, -0.25) is 9.59 Å². The molecule has 2 aromatic heterocycles. The van der Waals surface area contributed by atoms with Crippen molar-refractivity contribution in [2.75, 3.05) is 5.75 Å². The van der Waals surface area contributed by atoms with Crippen molar-refractivity contribution in [3.05, 3.63) is 52.3 Å². The summed E-state index contributed by atoms with van der Waals surface area (Å²) in [6.45, 7) is 1.93. The van der Waals surface area contributed by atoms with Crippen LogP contribution in [-0.4, -0.2) is 26.7 Å². The molecule has 124 valence electrons. The maximum atomic E-state index is 12.1. The van der Waals surface area contributed by atoms with Crippen LogP contribution >= 0.6 is 23.1 Å². The molecule has 3 aromatic rings. The van der Waals surface area contributed by atoms with Gasteiger partial charge in [0, 0.05) is 6.07 Å². The van der Waals surface area contributed by atoms with Crippen LogP contribution < -0.4 is 10.9 Å². The monoisotopic (exact) mass is 361 g/mol. The molecule has 8 heteroatoms. The molecule has 3 N–H and O–H groups in total. The summed E-state index contributed by atoms with van der Waals surface area (Å²) in [6.07, 6.45) is 0. The van der Waals surface area contributed by atoms with Crippen LogP contribution in [0.15, 0.2) is 45.5 Å². The first-order chi connectivity index (χ1) is 11.5. The topological polar surface area (TPSA) is 95.1 Å². The van der Waals surface area contributed by atoms with Crippen molar-refractivity contribution in [1.82, 2.24) is 15.3 Å². The molecule has 0 aliphatic carbocycles. The third-order valence-corrected chi connectivity index (χ3v) is 5.57. The van der Waals surface area contributed by atoms with E-state index in [-0.39, 0.29) is 23.5 Å². The van der Waals surface area contributed by atoms with Gasteiger partial charge in [-0.05, 0) is 12.5 Å². The van der Waals surface area contributed by atoms with E-state index >= 15 is 0 Å². The van der Waals surface area contributed by atoms with Gasteiger partial charge >= 0.3 is 0 Å². The zero-order chi connectivity index (χ0) is 17.1. The van der Waals surface area contributed by atoms with Crippen LogP contribution in [0.25, 0.3) is 10.3 Å². The van der Waals surface area contributed by atoms with Gasteiger partial charge in [0.1, 0.15) is 10.4 Å². The van der Waals surface area contributed by atoms with Gasteiger partial charge < -0.3 is 15.4 Å². The van der Waals surface area contributed by atoms with E-state index in [1.165, 1.54) is 23.1 Å². The average molecular weight is 361 g/mol. The molecule has 0 aliphatic heterocycles. The first-order valence-electron chi connectivity index (χ1n) is 7.23. The lowest BCUT2D eigenvalue weighted by Gasteiger charge is -2.13. The number of nitrogens with one attached hydrogen (secondary N) is 2. The summed E-state index contributed by atoms with van der Waals surface area (Å²) in [5.41, 5.74) is 0.972. The first-order valence-corrected chi connectivity index (χ1v) is 9.03. The van der Waals surface area contributed by atoms with E-state index in [0.717, 1.165) is 11.6 Å². The summed E-state index contributed by atoms with van der Waals surface area (Å²) in [4.78, 5) is 30.2. The fourth-order valence-corrected chi connectivity index (χ4v) is 4.02. The maximum absolute atomic E-state index is 12.1. The minimum Gasteiger partial charge on any atom is -0.506 e. The number of thiazole rings is 1. The molecule has 0 saturated carbocycles. The van der Waals surface area contributed by atoms with Crippen LogP contribution in [0.2, 0.25) is 0 Å². The number of hydrogen-bond donors (Lipinski definition) is 3. The van der Waals surface area contributed by atoms with Crippen LogP contribution in [0.1, 0.15) is 18.5 Å². The Bertz CT molecular complexity index is 921. The zero-order valence-corrected chi connectivity index (χ0v) is 14.4. The number of pyridine rings is 1. The van der Waals surface area contributed by atoms with Crippen molar-refractivity contribution in [3.63, 3.8) is 0 Å². The SMILES string of the molecule is CC(NC(=O)CSc1nc2[nH]c(=O)cc(O)c2s1)c1ccccc1. The highest BCUT2D eigenvalue weighted by Gasteiger charge is 2.13. The fraction of sp³-hybridized carbons (Fsp3) is 0.188. The summed E-state index contributed by atoms with van der Waals surface area (Å²) in [5.74, 6) is 0.00991. The Morgan fingerprint density at radius 2 is 2.17 bits per heavy atom. The van der Waals surface area contributed by atoms with Crippen LogP contribution in [0.3, 0.4) is 0 Å². The molecule has 1 amide bonds. The lowest BCUT2D eigenvalue weighted by Crippen LogP contribution is -2.28. The highest BCUT2D eigenvalue weighted by Crippen LogP contribution is 2.32. The highest BCUT2D eigenvalue weighted by molar-refractivity contribution is 8.01. The standard InChI is InChI=1S/C16H15N3O3S2/c1-9(10-5-3-2-4-6-10)17-13(22)8-23-16-19-15-14(24-16)11(20)7-12(21)18-15/h2-7,9H,8H2,1H3,(H,17,22)(H2,18,20,21). The number of aromatic hydroxyl groups is 1. The predicted molar refractivity (Wildman–Crippen MR) is 95.6 cm³/mol. The van der Waals surface area contributed by atoms with Gasteiger partial charge in [-0.15, -0.1) is 11.3 Å². The second-order valence-corrected chi connectivity index (χ2v) is 7.39. The molecule has 0 aliphatic rings. The quantitative estimate of drug-likeness (QED) is 0.607. The molecule has 2 heterocycles. The summed E-state index contributed by atoms with van der Waals surface area (Å²) >= 11 is 2.51. The summed E-state index contributed by atoms with van der Waals surface area (Å²) < 4.78 is 1.12. The molecular formula is C16H15N3O3S2. The molecule has 0 spiro atoms. The van der Waals surface area contributed by atoms with Gasteiger partial charge in [0.2, 0.25) is 5.91 Å². The van der Waals surface area contributed by atoms with E-state index in [4.69, 9.17) is 0 Å². The normalized spacial score (nSPS) is 12.2. The second kappa shape index (κ2) is 7.06. The molecule has 1 atom stereocenters. The Kier molecular flexibility index (Phi) is 4.86. The Morgan fingerprint density at radius 3 is 2.92 bits per heavy atom. The maximum Gasteiger partial charge on any atom is 0.253 e. The van der Waals surface area contributed by atoms with Crippen molar-refractivity contribution in [2.24, 2.45) is 0 Å². The van der Waals surface area contributed by atoms with E-state index in [1.54, 1.807) is 0 Å². The average Bonchev–Trinajstić information content (AvgIpc) is 2.97. The van der Waals surface area contributed by atoms with Crippen molar-refractivity contribution in [1.29, 1.82) is 0 Å². The summed E-state index contributed by atoms with van der Waals surface area (Å²) in [7, 11) is 0. The molecule has 0 radical (unpaired) electrons. The van der Waals surface area contributed by atoms with Crippen LogP contribution in [0, 0.1) is 0 Å². The second-order valence-electron chi connectivity index (χ2n) is 5.16. The lowest BCUT2D eigenvalue weighted by molar-refractivity contribution is -0.119. The van der Waals surface area contributed by atoms with E-state index < -0.39 is 5.56 Å². The minimum atomic E-state index is -0.406. The van der Waals surface area contributed by atoms with Gasteiger partial charge in [0.25, 0.3) is 5.56 Å². The number of nitrogens with zero attached hydrogens (tertiary/aromatic N) is 1. The molecular weight excluding hydrogens is 346 g/mol. The van der Waals surface area contributed by atoms with E-state index in [1.807, 2.05) is 37.3 Å². The van der Waals surface area contributed by atoms with Crippen molar-refractivity contribution in [3.8, 4) is 5.75 Å². The number of carbonyl (C=O) groups is 1. The summed E-state index contributed by atoms with van der Waals surface area (Å²) in [6, 6.07) is 10.8. The van der Waals surface area contributed by atoms with Gasteiger partial charge in [-0.2, -0.15) is 0 Å². The highest BCUT2D eigenvalue weighted by atomic mass is 32.2. The zero-order valence-electron chi connectivity index (χ0n) is 12.8. The van der Waals surface area contributed by atoms with Crippen LogP contribution in [0.4, 0.5) is 0 Å². The van der Waals surface area contributed by atoms with Crippen molar-refractivity contribution >= 4 is 39.4 Å². The molecule has 1 aromatic carbocycles. The molecule has 6 nitrogen and oxygen atoms in total. The number of thioether (sulfide) groups is 1. The van der Waals surface area contributed by atoms with Crippen molar-refractivity contribution in [2.45, 2.75) is 17.3 Å². The first kappa shape index (κ1) is 16.5. The van der Waals surface area contributed by atoms with Crippen LogP contribution in [0.5, 0.6) is 5.75 Å². The number of aromatic amines is 1. The third kappa shape index (κ3) is 3.77. The molecule has 0 fully saturated rings. The Hall–Kier alpha value is -2.32. The van der Waals surface area contributed by atoms with E-state index in [9.17, 15) is 14.7 Å². The molecule has 3 rings (SSSR count). The van der Waals surface area contributed by atoms with Crippen LogP contribution in [-0.2, 0) is 4.79 Å². The number of carbonyl (C=O) groups excluding carboxylic acids is 1. The molecule has 1 unspecified atom stereocenters. The minimum absolute atomic E-state index is 0.0740. The number of benzene rings is 1. The van der Waals surface area contributed by atoms with Gasteiger partial charge in [0.05, 0.1) is 11.8 Å². The fourth-order valence-electron chi connectivity index (χ4n) is 2.20. The van der Waals surface area contributed by atoms with E-state index in [0.29, 0.717) is 14.7 Å². The Labute approximate surface area is 145 Å². The van der Waals surface area contributed by atoms with E-state index in [2.05, 4.69) is 15.3 Å². The van der Waals surface area contributed by atoms with Gasteiger partial charge in [-0.25, -0.2) is 4.98 Å². The third-order valence-electron chi connectivity index (χ3n) is 3.35. The number of aromatic nitrogens is 2. The molecule has 0 bridgehead atoms. The van der Waals surface area contributed by atoms with Crippen molar-refractivity contribution < 1.29 is 9.90 Å². The Morgan fingerprint density at radius 1 is 1.42 bits per heavy atom. The van der Waals surface area contributed by atoms with Gasteiger partial charge in [0.15, 0.2) is 9.99 Å². The summed E-state index contributed by atoms with van der Waals surface area (Å²) in [5, 5.41) is 12.7. The Balaban J connectivity index is 1.62. The molecule has 0 saturated heterocycles. The molecule has 24 heavy (non-hydrogen) atoms. The van der Waals surface area contributed by atoms with Gasteiger partial charge in [-0.1, -0.05) is 42.1 Å². The number of amides is 1.